The Morgan fingerprint density at radius 1 is 1.42 bits per heavy atom. The Labute approximate surface area is 142 Å². The minimum Gasteiger partial charge on any atom is -0.302 e. The van der Waals surface area contributed by atoms with Crippen LogP contribution < -0.4 is 5.32 Å². The zero-order chi connectivity index (χ0) is 17.1. The molecule has 0 spiro atoms. The van der Waals surface area contributed by atoms with Gasteiger partial charge in [0.05, 0.1) is 17.3 Å². The number of carbonyl (C=O) groups excluding carboxylic acids is 1. The molecule has 0 saturated carbocycles. The standard InChI is InChI=1S/C15H17F2N5OS/c1-9(23)20-15-21-14(17)12(24-15)8-22-3-2-10(7-22)4-13-18-5-11(16)6-19-13/h5-6,10H,2-4,7-8H2,1H3,(H,20,21,23)/t10-/m0/s1. The largest absolute Gasteiger partial charge is 0.302 e. The first-order valence-corrected chi connectivity index (χ1v) is 8.43. The fraction of sp³-hybridized carbons (Fsp3) is 0.467. The van der Waals surface area contributed by atoms with Crippen molar-refractivity contribution in [2.75, 3.05) is 18.4 Å². The molecule has 0 radical (unpaired) electrons. The summed E-state index contributed by atoms with van der Waals surface area (Å²) >= 11 is 1.16. The normalized spacial score (nSPS) is 18.0. The summed E-state index contributed by atoms with van der Waals surface area (Å²) in [5, 5.41) is 2.78. The SMILES string of the molecule is CC(=O)Nc1nc(F)c(CN2CC[C@@H](Cc3ncc(F)cn3)C2)s1. The number of hydrogen-bond donors (Lipinski definition) is 1. The number of hydrogen-bond acceptors (Lipinski definition) is 6. The fourth-order valence-electron chi connectivity index (χ4n) is 2.76. The summed E-state index contributed by atoms with van der Waals surface area (Å²) in [5.74, 6) is -0.256. The molecule has 2 aromatic heterocycles. The van der Waals surface area contributed by atoms with Crippen LogP contribution in [-0.4, -0.2) is 38.8 Å². The fourth-order valence-corrected chi connectivity index (χ4v) is 3.69. The second-order valence-corrected chi connectivity index (χ2v) is 6.91. The Hall–Kier alpha value is -2.00. The van der Waals surface area contributed by atoms with Crippen molar-refractivity contribution in [2.24, 2.45) is 5.92 Å². The highest BCUT2D eigenvalue weighted by Gasteiger charge is 2.25. The van der Waals surface area contributed by atoms with Gasteiger partial charge < -0.3 is 5.32 Å². The molecule has 1 aliphatic rings. The third-order valence-electron chi connectivity index (χ3n) is 3.81. The van der Waals surface area contributed by atoms with Crippen molar-refractivity contribution < 1.29 is 13.6 Å². The number of amides is 1. The van der Waals surface area contributed by atoms with E-state index < -0.39 is 11.8 Å². The topological polar surface area (TPSA) is 71.0 Å². The van der Waals surface area contributed by atoms with Crippen molar-refractivity contribution in [3.8, 4) is 0 Å². The van der Waals surface area contributed by atoms with Crippen LogP contribution in [0.2, 0.25) is 0 Å². The third kappa shape index (κ3) is 4.30. The van der Waals surface area contributed by atoms with E-state index in [-0.39, 0.29) is 11.0 Å². The van der Waals surface area contributed by atoms with Crippen molar-refractivity contribution in [2.45, 2.75) is 26.3 Å². The monoisotopic (exact) mass is 353 g/mol. The van der Waals surface area contributed by atoms with Crippen LogP contribution in [0.5, 0.6) is 0 Å². The zero-order valence-electron chi connectivity index (χ0n) is 13.1. The molecule has 3 heterocycles. The molecule has 24 heavy (non-hydrogen) atoms. The van der Waals surface area contributed by atoms with Gasteiger partial charge >= 0.3 is 0 Å². The van der Waals surface area contributed by atoms with E-state index >= 15 is 0 Å². The summed E-state index contributed by atoms with van der Waals surface area (Å²) in [5.41, 5.74) is 0. The highest BCUT2D eigenvalue weighted by molar-refractivity contribution is 7.15. The Morgan fingerprint density at radius 2 is 2.17 bits per heavy atom. The van der Waals surface area contributed by atoms with Gasteiger partial charge in [-0.05, 0) is 18.9 Å². The summed E-state index contributed by atoms with van der Waals surface area (Å²) in [6.45, 7) is 3.47. The summed E-state index contributed by atoms with van der Waals surface area (Å²) in [6.07, 6.45) is 3.98. The quantitative estimate of drug-likeness (QED) is 0.893. The smallest absolute Gasteiger partial charge is 0.230 e. The molecule has 1 saturated heterocycles. The van der Waals surface area contributed by atoms with Gasteiger partial charge in [0.15, 0.2) is 10.9 Å². The van der Waals surface area contributed by atoms with Gasteiger partial charge in [0.2, 0.25) is 11.9 Å². The lowest BCUT2D eigenvalue weighted by atomic mass is 10.0. The Bertz CT molecular complexity index is 721. The average molecular weight is 353 g/mol. The summed E-state index contributed by atoms with van der Waals surface area (Å²) in [6, 6.07) is 0. The second kappa shape index (κ2) is 7.27. The summed E-state index contributed by atoms with van der Waals surface area (Å²) < 4.78 is 26.7. The van der Waals surface area contributed by atoms with E-state index in [2.05, 4.69) is 25.2 Å². The molecule has 0 aliphatic carbocycles. The molecule has 3 rings (SSSR count). The van der Waals surface area contributed by atoms with Crippen LogP contribution >= 0.6 is 11.3 Å². The van der Waals surface area contributed by atoms with E-state index in [1.807, 2.05) is 0 Å². The Morgan fingerprint density at radius 3 is 2.88 bits per heavy atom. The van der Waals surface area contributed by atoms with Crippen LogP contribution in [0, 0.1) is 17.7 Å². The first-order valence-electron chi connectivity index (χ1n) is 7.61. The van der Waals surface area contributed by atoms with Crippen molar-refractivity contribution in [3.05, 3.63) is 34.9 Å². The number of halogens is 2. The van der Waals surface area contributed by atoms with Crippen LogP contribution in [0.25, 0.3) is 0 Å². The maximum Gasteiger partial charge on any atom is 0.230 e. The molecule has 1 fully saturated rings. The molecule has 1 aliphatic heterocycles. The molecular weight excluding hydrogens is 336 g/mol. The molecule has 0 aromatic carbocycles. The van der Waals surface area contributed by atoms with Gasteiger partial charge in [-0.3, -0.25) is 9.69 Å². The van der Waals surface area contributed by atoms with Crippen LogP contribution in [-0.2, 0) is 17.8 Å². The molecule has 128 valence electrons. The Balaban J connectivity index is 1.55. The Kier molecular flexibility index (Phi) is 5.10. The molecule has 1 atom stereocenters. The number of aromatic nitrogens is 3. The first-order chi connectivity index (χ1) is 11.5. The molecule has 6 nitrogen and oxygen atoms in total. The van der Waals surface area contributed by atoms with E-state index in [0.29, 0.717) is 29.6 Å². The van der Waals surface area contributed by atoms with Gasteiger partial charge in [-0.15, -0.1) is 0 Å². The maximum atomic E-state index is 13.9. The number of nitrogens with one attached hydrogen (secondary N) is 1. The number of anilines is 1. The lowest BCUT2D eigenvalue weighted by Gasteiger charge is -2.14. The maximum absolute atomic E-state index is 13.9. The first kappa shape index (κ1) is 16.8. The highest BCUT2D eigenvalue weighted by atomic mass is 32.1. The van der Waals surface area contributed by atoms with Gasteiger partial charge in [-0.1, -0.05) is 11.3 Å². The van der Waals surface area contributed by atoms with Crippen LogP contribution in [0.15, 0.2) is 12.4 Å². The van der Waals surface area contributed by atoms with Crippen molar-refractivity contribution >= 4 is 22.4 Å². The van der Waals surface area contributed by atoms with E-state index in [1.54, 1.807) is 0 Å². The molecular formula is C15H17F2N5OS. The van der Waals surface area contributed by atoms with E-state index in [0.717, 1.165) is 30.8 Å². The average Bonchev–Trinajstić information content (AvgIpc) is 3.08. The predicted octanol–water partition coefficient (Wildman–Crippen LogP) is 2.23. The van der Waals surface area contributed by atoms with Crippen molar-refractivity contribution in [1.29, 1.82) is 0 Å². The van der Waals surface area contributed by atoms with Gasteiger partial charge in [0.25, 0.3) is 0 Å². The summed E-state index contributed by atoms with van der Waals surface area (Å²) in [4.78, 5) is 25.3. The van der Waals surface area contributed by atoms with Crippen molar-refractivity contribution in [3.63, 3.8) is 0 Å². The van der Waals surface area contributed by atoms with Gasteiger partial charge in [0.1, 0.15) is 5.82 Å². The number of carbonyl (C=O) groups is 1. The number of likely N-dealkylation sites (tertiary alicyclic amines) is 1. The minimum atomic E-state index is -0.533. The van der Waals surface area contributed by atoms with Crippen molar-refractivity contribution in [1.82, 2.24) is 19.9 Å². The highest BCUT2D eigenvalue weighted by Crippen LogP contribution is 2.27. The van der Waals surface area contributed by atoms with Crippen LogP contribution in [0.3, 0.4) is 0 Å². The second-order valence-electron chi connectivity index (χ2n) is 5.83. The van der Waals surface area contributed by atoms with Gasteiger partial charge in [-0.25, -0.2) is 14.4 Å². The van der Waals surface area contributed by atoms with Crippen LogP contribution in [0.4, 0.5) is 13.9 Å². The van der Waals surface area contributed by atoms with E-state index in [9.17, 15) is 13.6 Å². The summed E-state index contributed by atoms with van der Waals surface area (Å²) in [7, 11) is 0. The number of thiazole rings is 1. The minimum absolute atomic E-state index is 0.268. The molecule has 1 N–H and O–H groups in total. The molecule has 0 unspecified atom stereocenters. The lowest BCUT2D eigenvalue weighted by Crippen LogP contribution is -2.21. The van der Waals surface area contributed by atoms with E-state index in [1.165, 1.54) is 19.3 Å². The third-order valence-corrected chi connectivity index (χ3v) is 4.75. The molecule has 2 aromatic rings. The molecule has 0 bridgehead atoms. The van der Waals surface area contributed by atoms with Gasteiger partial charge in [-0.2, -0.15) is 9.37 Å². The van der Waals surface area contributed by atoms with Gasteiger partial charge in [0, 0.05) is 26.4 Å². The molecule has 9 heteroatoms. The number of nitrogens with zero attached hydrogens (tertiary/aromatic N) is 4. The lowest BCUT2D eigenvalue weighted by molar-refractivity contribution is -0.114. The predicted molar refractivity (Wildman–Crippen MR) is 85.5 cm³/mol. The molecule has 1 amide bonds. The zero-order valence-corrected chi connectivity index (χ0v) is 13.9. The van der Waals surface area contributed by atoms with Crippen LogP contribution in [0.1, 0.15) is 24.0 Å². The number of rotatable bonds is 5. The van der Waals surface area contributed by atoms with E-state index in [4.69, 9.17) is 0 Å².